The number of nitrogens with one attached hydrogen (secondary N) is 1. The van der Waals surface area contributed by atoms with E-state index >= 15 is 0 Å². The van der Waals surface area contributed by atoms with Gasteiger partial charge in [-0.05, 0) is 6.07 Å². The SMILES string of the molecule is O=C(O)C[C@H](NC(=O)c1ccc([N+](=O)[O-])cc1Cl)C(=O)O. The van der Waals surface area contributed by atoms with Gasteiger partial charge in [0.2, 0.25) is 0 Å². The Labute approximate surface area is 122 Å². The first-order valence-electron chi connectivity index (χ1n) is 5.41. The fourth-order valence-electron chi connectivity index (χ4n) is 1.41. The summed E-state index contributed by atoms with van der Waals surface area (Å²) in [4.78, 5) is 43.0. The number of carboxylic acids is 2. The van der Waals surface area contributed by atoms with Gasteiger partial charge in [-0.2, -0.15) is 0 Å². The number of nitrogens with zero attached hydrogens (tertiary/aromatic N) is 1. The summed E-state index contributed by atoms with van der Waals surface area (Å²) in [6.45, 7) is 0. The largest absolute Gasteiger partial charge is 0.481 e. The molecule has 0 aliphatic heterocycles. The first-order chi connectivity index (χ1) is 9.72. The summed E-state index contributed by atoms with van der Waals surface area (Å²) < 4.78 is 0. The Balaban J connectivity index is 2.95. The number of non-ortho nitro benzene ring substituents is 1. The maximum atomic E-state index is 11.8. The summed E-state index contributed by atoms with van der Waals surface area (Å²) in [5, 5.41) is 29.6. The van der Waals surface area contributed by atoms with Crippen molar-refractivity contribution in [2.24, 2.45) is 0 Å². The Morgan fingerprint density at radius 1 is 1.33 bits per heavy atom. The van der Waals surface area contributed by atoms with Crippen LogP contribution in [0.5, 0.6) is 0 Å². The summed E-state index contributed by atoms with van der Waals surface area (Å²) in [5.74, 6) is -3.87. The lowest BCUT2D eigenvalue weighted by molar-refractivity contribution is -0.384. The standard InChI is InChI=1S/C11H9ClN2O7/c12-7-3-5(14(20)21)1-2-6(7)10(17)13-8(11(18)19)4-9(15)16/h1-3,8H,4H2,(H,13,17)(H,15,16)(H,18,19)/t8-/m0/s1. The van der Waals surface area contributed by atoms with Crippen LogP contribution in [0.25, 0.3) is 0 Å². The zero-order valence-electron chi connectivity index (χ0n) is 10.3. The highest BCUT2D eigenvalue weighted by atomic mass is 35.5. The average molecular weight is 317 g/mol. The lowest BCUT2D eigenvalue weighted by Crippen LogP contribution is -2.42. The number of hydrogen-bond acceptors (Lipinski definition) is 5. The van der Waals surface area contributed by atoms with Crippen molar-refractivity contribution in [3.63, 3.8) is 0 Å². The number of rotatable bonds is 6. The molecule has 0 aliphatic rings. The van der Waals surface area contributed by atoms with E-state index in [1.807, 2.05) is 5.32 Å². The summed E-state index contributed by atoms with van der Waals surface area (Å²) in [5.41, 5.74) is -0.532. The minimum Gasteiger partial charge on any atom is -0.481 e. The molecule has 0 saturated heterocycles. The maximum absolute atomic E-state index is 11.8. The van der Waals surface area contributed by atoms with Gasteiger partial charge in [0.15, 0.2) is 0 Å². The molecule has 0 unspecified atom stereocenters. The number of hydrogen-bond donors (Lipinski definition) is 3. The van der Waals surface area contributed by atoms with Crippen molar-refractivity contribution in [1.82, 2.24) is 5.32 Å². The van der Waals surface area contributed by atoms with E-state index in [0.29, 0.717) is 0 Å². The van der Waals surface area contributed by atoms with Crippen LogP contribution in [0.3, 0.4) is 0 Å². The molecule has 0 spiro atoms. The quantitative estimate of drug-likeness (QED) is 0.521. The number of benzene rings is 1. The van der Waals surface area contributed by atoms with Gasteiger partial charge >= 0.3 is 11.9 Å². The Morgan fingerprint density at radius 3 is 2.38 bits per heavy atom. The predicted molar refractivity (Wildman–Crippen MR) is 69.2 cm³/mol. The lowest BCUT2D eigenvalue weighted by Gasteiger charge is -2.12. The molecule has 0 saturated carbocycles. The molecule has 1 amide bonds. The van der Waals surface area contributed by atoms with E-state index in [1.165, 1.54) is 0 Å². The van der Waals surface area contributed by atoms with Crippen molar-refractivity contribution in [3.05, 3.63) is 38.9 Å². The van der Waals surface area contributed by atoms with Gasteiger partial charge in [0, 0.05) is 12.1 Å². The molecular weight excluding hydrogens is 308 g/mol. The molecule has 10 heteroatoms. The molecule has 1 aromatic carbocycles. The molecule has 0 aliphatic carbocycles. The molecule has 0 heterocycles. The topological polar surface area (TPSA) is 147 Å². The molecule has 1 atom stereocenters. The number of nitro groups is 1. The van der Waals surface area contributed by atoms with Gasteiger partial charge in [-0.3, -0.25) is 19.7 Å². The van der Waals surface area contributed by atoms with E-state index < -0.39 is 35.2 Å². The van der Waals surface area contributed by atoms with Gasteiger partial charge in [0.25, 0.3) is 11.6 Å². The van der Waals surface area contributed by atoms with Crippen LogP contribution in [0.1, 0.15) is 16.8 Å². The van der Waals surface area contributed by atoms with E-state index in [-0.39, 0.29) is 16.3 Å². The predicted octanol–water partition coefficient (Wildman–Crippen LogP) is 0.906. The van der Waals surface area contributed by atoms with Crippen LogP contribution in [0, 0.1) is 10.1 Å². The van der Waals surface area contributed by atoms with E-state index in [9.17, 15) is 24.5 Å². The Hall–Kier alpha value is -2.68. The molecule has 9 nitrogen and oxygen atoms in total. The highest BCUT2D eigenvalue weighted by molar-refractivity contribution is 6.34. The van der Waals surface area contributed by atoms with Crippen LogP contribution in [0.4, 0.5) is 5.69 Å². The molecule has 1 aromatic rings. The smallest absolute Gasteiger partial charge is 0.326 e. The monoisotopic (exact) mass is 316 g/mol. The minimum absolute atomic E-state index is 0.195. The fourth-order valence-corrected chi connectivity index (χ4v) is 1.67. The highest BCUT2D eigenvalue weighted by Gasteiger charge is 2.25. The molecule has 0 bridgehead atoms. The Bertz CT molecular complexity index is 617. The summed E-state index contributed by atoms with van der Waals surface area (Å²) in [6.07, 6.45) is -0.814. The van der Waals surface area contributed by atoms with Gasteiger partial charge in [0.1, 0.15) is 6.04 Å². The van der Waals surface area contributed by atoms with Crippen molar-refractivity contribution < 1.29 is 29.5 Å². The van der Waals surface area contributed by atoms with Gasteiger partial charge in [-0.1, -0.05) is 11.6 Å². The lowest BCUT2D eigenvalue weighted by atomic mass is 10.1. The Morgan fingerprint density at radius 2 is 1.95 bits per heavy atom. The van der Waals surface area contributed by atoms with Gasteiger partial charge in [-0.25, -0.2) is 4.79 Å². The number of halogens is 1. The zero-order chi connectivity index (χ0) is 16.2. The zero-order valence-corrected chi connectivity index (χ0v) is 11.0. The second kappa shape index (κ2) is 6.66. The first-order valence-corrected chi connectivity index (χ1v) is 5.79. The third-order valence-electron chi connectivity index (χ3n) is 2.39. The van der Waals surface area contributed by atoms with Crippen molar-refractivity contribution in [2.75, 3.05) is 0 Å². The number of aliphatic carboxylic acids is 2. The van der Waals surface area contributed by atoms with Crippen molar-refractivity contribution in [1.29, 1.82) is 0 Å². The molecule has 3 N–H and O–H groups in total. The van der Waals surface area contributed by atoms with E-state index in [2.05, 4.69) is 0 Å². The number of nitro benzene ring substituents is 1. The van der Waals surface area contributed by atoms with Crippen molar-refractivity contribution in [3.8, 4) is 0 Å². The maximum Gasteiger partial charge on any atom is 0.326 e. The highest BCUT2D eigenvalue weighted by Crippen LogP contribution is 2.22. The fraction of sp³-hybridized carbons (Fsp3) is 0.182. The van der Waals surface area contributed by atoms with E-state index in [1.54, 1.807) is 0 Å². The van der Waals surface area contributed by atoms with Crippen LogP contribution in [-0.4, -0.2) is 39.0 Å². The van der Waals surface area contributed by atoms with Crippen LogP contribution >= 0.6 is 11.6 Å². The van der Waals surface area contributed by atoms with Crippen LogP contribution in [-0.2, 0) is 9.59 Å². The van der Waals surface area contributed by atoms with E-state index in [4.69, 9.17) is 21.8 Å². The first kappa shape index (κ1) is 16.4. The van der Waals surface area contributed by atoms with E-state index in [0.717, 1.165) is 18.2 Å². The van der Waals surface area contributed by atoms with Gasteiger partial charge in [0.05, 0.1) is 21.9 Å². The molecular formula is C11H9ClN2O7. The second-order valence-electron chi connectivity index (χ2n) is 3.88. The molecule has 0 aromatic heterocycles. The molecule has 0 fully saturated rings. The van der Waals surface area contributed by atoms with Gasteiger partial charge < -0.3 is 15.5 Å². The normalized spacial score (nSPS) is 11.5. The number of carboxylic acid groups (broad SMARTS) is 2. The van der Waals surface area contributed by atoms with Crippen molar-refractivity contribution >= 4 is 35.1 Å². The summed E-state index contributed by atoms with van der Waals surface area (Å²) in [7, 11) is 0. The number of carbonyl (C=O) groups excluding carboxylic acids is 1. The summed E-state index contributed by atoms with van der Waals surface area (Å²) >= 11 is 5.71. The van der Waals surface area contributed by atoms with Crippen LogP contribution in [0.15, 0.2) is 18.2 Å². The van der Waals surface area contributed by atoms with Gasteiger partial charge in [-0.15, -0.1) is 0 Å². The average Bonchev–Trinajstić information content (AvgIpc) is 2.36. The van der Waals surface area contributed by atoms with Crippen LogP contribution in [0.2, 0.25) is 5.02 Å². The summed E-state index contributed by atoms with van der Waals surface area (Å²) in [6, 6.07) is 1.37. The van der Waals surface area contributed by atoms with Crippen molar-refractivity contribution in [2.45, 2.75) is 12.5 Å². The molecule has 21 heavy (non-hydrogen) atoms. The van der Waals surface area contributed by atoms with Crippen LogP contribution < -0.4 is 5.32 Å². The third-order valence-corrected chi connectivity index (χ3v) is 2.70. The molecule has 112 valence electrons. The molecule has 1 rings (SSSR count). The number of carbonyl (C=O) groups is 3. The Kier molecular flexibility index (Phi) is 5.19. The minimum atomic E-state index is -1.64. The second-order valence-corrected chi connectivity index (χ2v) is 4.29. The molecule has 0 radical (unpaired) electrons. The third kappa shape index (κ3) is 4.42. The number of amides is 1.